The van der Waals surface area contributed by atoms with Crippen LogP contribution in [0.15, 0.2) is 42.9 Å². The van der Waals surface area contributed by atoms with E-state index in [1.165, 1.54) is 5.56 Å². The minimum Gasteiger partial charge on any atom is -0.492 e. The second-order valence-electron chi connectivity index (χ2n) is 5.01. The van der Waals surface area contributed by atoms with E-state index in [0.717, 1.165) is 30.8 Å². The third kappa shape index (κ3) is 5.16. The van der Waals surface area contributed by atoms with Crippen LogP contribution in [0.2, 0.25) is 0 Å². The molecule has 0 aliphatic rings. The van der Waals surface area contributed by atoms with Gasteiger partial charge in [0, 0.05) is 18.4 Å². The fourth-order valence-electron chi connectivity index (χ4n) is 2.16. The van der Waals surface area contributed by atoms with Crippen LogP contribution in [0.4, 0.5) is 0 Å². The fourth-order valence-corrected chi connectivity index (χ4v) is 2.16. The molecule has 0 spiro atoms. The molecule has 1 N–H and O–H groups in total. The van der Waals surface area contributed by atoms with E-state index >= 15 is 0 Å². The maximum absolute atomic E-state index is 5.72. The molecular formula is C17H23N3O. The highest BCUT2D eigenvalue weighted by atomic mass is 16.5. The first-order valence-electron chi connectivity index (χ1n) is 7.50. The molecule has 0 aliphatic heterocycles. The van der Waals surface area contributed by atoms with Crippen LogP contribution in [0.5, 0.6) is 5.75 Å². The summed E-state index contributed by atoms with van der Waals surface area (Å²) in [5.74, 6) is 0.831. The molecule has 0 aromatic carbocycles. The molecule has 4 heteroatoms. The molecular weight excluding hydrogens is 262 g/mol. The van der Waals surface area contributed by atoms with Gasteiger partial charge in [0.2, 0.25) is 0 Å². The average Bonchev–Trinajstić information content (AvgIpc) is 2.53. The summed E-state index contributed by atoms with van der Waals surface area (Å²) in [5.41, 5.74) is 2.34. The molecule has 1 atom stereocenters. The molecule has 4 nitrogen and oxygen atoms in total. The molecule has 2 aromatic rings. The SMILES string of the molecule is CCNC(C)c1ccc(OCCCc2ccncc2)cn1. The number of hydrogen-bond donors (Lipinski definition) is 1. The van der Waals surface area contributed by atoms with Crippen LogP contribution in [0, 0.1) is 0 Å². The van der Waals surface area contributed by atoms with Crippen molar-refractivity contribution in [3.63, 3.8) is 0 Å². The van der Waals surface area contributed by atoms with Crippen molar-refractivity contribution in [2.75, 3.05) is 13.2 Å². The van der Waals surface area contributed by atoms with Crippen LogP contribution in [-0.2, 0) is 6.42 Å². The van der Waals surface area contributed by atoms with Crippen LogP contribution in [0.1, 0.15) is 37.6 Å². The molecule has 1 unspecified atom stereocenters. The molecule has 2 aromatic heterocycles. The van der Waals surface area contributed by atoms with E-state index in [0.29, 0.717) is 6.61 Å². The molecule has 0 radical (unpaired) electrons. The van der Waals surface area contributed by atoms with Crippen molar-refractivity contribution >= 4 is 0 Å². The fraction of sp³-hybridized carbons (Fsp3) is 0.412. The zero-order valence-corrected chi connectivity index (χ0v) is 12.7. The van der Waals surface area contributed by atoms with E-state index in [1.54, 1.807) is 6.20 Å². The Morgan fingerprint density at radius 1 is 1.19 bits per heavy atom. The largest absolute Gasteiger partial charge is 0.492 e. The third-order valence-corrected chi connectivity index (χ3v) is 3.34. The molecule has 2 heterocycles. The van der Waals surface area contributed by atoms with Gasteiger partial charge in [0.05, 0.1) is 18.5 Å². The first kappa shape index (κ1) is 15.4. The molecule has 0 saturated carbocycles. The lowest BCUT2D eigenvalue weighted by molar-refractivity contribution is 0.309. The van der Waals surface area contributed by atoms with E-state index in [2.05, 4.69) is 29.1 Å². The van der Waals surface area contributed by atoms with Crippen molar-refractivity contribution in [2.45, 2.75) is 32.7 Å². The Labute approximate surface area is 126 Å². The summed E-state index contributed by atoms with van der Waals surface area (Å²) < 4.78 is 5.72. The Balaban J connectivity index is 1.73. The molecule has 112 valence electrons. The van der Waals surface area contributed by atoms with Gasteiger partial charge in [-0.1, -0.05) is 6.92 Å². The van der Waals surface area contributed by atoms with Crippen molar-refractivity contribution in [3.05, 3.63) is 54.1 Å². The number of ether oxygens (including phenoxy) is 1. The smallest absolute Gasteiger partial charge is 0.137 e. The third-order valence-electron chi connectivity index (χ3n) is 3.34. The minimum absolute atomic E-state index is 0.274. The van der Waals surface area contributed by atoms with Crippen molar-refractivity contribution in [3.8, 4) is 5.75 Å². The molecule has 0 fully saturated rings. The number of hydrogen-bond acceptors (Lipinski definition) is 4. The monoisotopic (exact) mass is 285 g/mol. The molecule has 0 saturated heterocycles. The highest BCUT2D eigenvalue weighted by Gasteiger charge is 2.05. The number of aryl methyl sites for hydroxylation is 1. The van der Waals surface area contributed by atoms with Crippen LogP contribution in [-0.4, -0.2) is 23.1 Å². The summed E-state index contributed by atoms with van der Waals surface area (Å²) in [6, 6.07) is 8.36. The van der Waals surface area contributed by atoms with Crippen molar-refractivity contribution in [1.82, 2.24) is 15.3 Å². The number of nitrogens with one attached hydrogen (secondary N) is 1. The number of pyridine rings is 2. The molecule has 2 rings (SSSR count). The predicted octanol–water partition coefficient (Wildman–Crippen LogP) is 3.16. The van der Waals surface area contributed by atoms with E-state index in [1.807, 2.05) is 36.7 Å². The summed E-state index contributed by atoms with van der Waals surface area (Å²) in [7, 11) is 0. The van der Waals surface area contributed by atoms with Gasteiger partial charge in [0.25, 0.3) is 0 Å². The highest BCUT2D eigenvalue weighted by Crippen LogP contribution is 2.14. The van der Waals surface area contributed by atoms with E-state index < -0.39 is 0 Å². The van der Waals surface area contributed by atoms with Crippen molar-refractivity contribution in [1.29, 1.82) is 0 Å². The van der Waals surface area contributed by atoms with Gasteiger partial charge >= 0.3 is 0 Å². The van der Waals surface area contributed by atoms with Crippen molar-refractivity contribution in [2.24, 2.45) is 0 Å². The van der Waals surface area contributed by atoms with Gasteiger partial charge < -0.3 is 10.1 Å². The summed E-state index contributed by atoms with van der Waals surface area (Å²) >= 11 is 0. The Bertz CT molecular complexity index is 513. The second-order valence-corrected chi connectivity index (χ2v) is 5.01. The van der Waals surface area contributed by atoms with Gasteiger partial charge in [-0.15, -0.1) is 0 Å². The number of nitrogens with zero attached hydrogens (tertiary/aromatic N) is 2. The van der Waals surface area contributed by atoms with Gasteiger partial charge in [0.1, 0.15) is 5.75 Å². The highest BCUT2D eigenvalue weighted by molar-refractivity contribution is 5.21. The molecule has 0 bridgehead atoms. The van der Waals surface area contributed by atoms with E-state index in [4.69, 9.17) is 4.74 Å². The summed E-state index contributed by atoms with van der Waals surface area (Å²) in [6.45, 7) is 5.85. The van der Waals surface area contributed by atoms with Gasteiger partial charge in [-0.05, 0) is 56.1 Å². The molecule has 21 heavy (non-hydrogen) atoms. The maximum Gasteiger partial charge on any atom is 0.137 e. The summed E-state index contributed by atoms with van der Waals surface area (Å²) in [6.07, 6.45) is 7.44. The van der Waals surface area contributed by atoms with Crippen LogP contribution < -0.4 is 10.1 Å². The molecule has 0 amide bonds. The lowest BCUT2D eigenvalue weighted by Gasteiger charge is -2.12. The number of rotatable bonds is 8. The van der Waals surface area contributed by atoms with Crippen LogP contribution in [0.3, 0.4) is 0 Å². The maximum atomic E-state index is 5.72. The number of aromatic nitrogens is 2. The Morgan fingerprint density at radius 3 is 2.67 bits per heavy atom. The standard InChI is InChI=1S/C17H23N3O/c1-3-19-14(2)17-7-6-16(13-20-17)21-12-4-5-15-8-10-18-11-9-15/h6-11,13-14,19H,3-5,12H2,1-2H3. The van der Waals surface area contributed by atoms with Gasteiger partial charge in [-0.3, -0.25) is 9.97 Å². The first-order valence-corrected chi connectivity index (χ1v) is 7.50. The zero-order valence-electron chi connectivity index (χ0n) is 12.7. The zero-order chi connectivity index (χ0) is 14.9. The Morgan fingerprint density at radius 2 is 2.00 bits per heavy atom. The van der Waals surface area contributed by atoms with Crippen molar-refractivity contribution < 1.29 is 4.74 Å². The summed E-state index contributed by atoms with van der Waals surface area (Å²) in [4.78, 5) is 8.45. The normalized spacial score (nSPS) is 12.1. The Kier molecular flexibility index (Phi) is 6.16. The van der Waals surface area contributed by atoms with Crippen LogP contribution in [0.25, 0.3) is 0 Å². The lowest BCUT2D eigenvalue weighted by Crippen LogP contribution is -2.18. The van der Waals surface area contributed by atoms with Gasteiger partial charge in [-0.2, -0.15) is 0 Å². The predicted molar refractivity (Wildman–Crippen MR) is 84.4 cm³/mol. The molecule has 0 aliphatic carbocycles. The van der Waals surface area contributed by atoms with E-state index in [9.17, 15) is 0 Å². The van der Waals surface area contributed by atoms with E-state index in [-0.39, 0.29) is 6.04 Å². The average molecular weight is 285 g/mol. The Hall–Kier alpha value is -1.94. The van der Waals surface area contributed by atoms with Gasteiger partial charge in [-0.25, -0.2) is 0 Å². The van der Waals surface area contributed by atoms with Gasteiger partial charge in [0.15, 0.2) is 0 Å². The lowest BCUT2D eigenvalue weighted by atomic mass is 10.1. The summed E-state index contributed by atoms with van der Waals surface area (Å²) in [5, 5.41) is 3.34. The quantitative estimate of drug-likeness (QED) is 0.757. The minimum atomic E-state index is 0.274. The topological polar surface area (TPSA) is 47.0 Å². The second kappa shape index (κ2) is 8.37. The first-order chi connectivity index (χ1) is 10.3. The van der Waals surface area contributed by atoms with Crippen LogP contribution >= 0.6 is 0 Å².